The summed E-state index contributed by atoms with van der Waals surface area (Å²) in [4.78, 5) is 43.7. The largest absolute Gasteiger partial charge is 0.442 e. The van der Waals surface area contributed by atoms with E-state index in [1.165, 1.54) is 18.0 Å². The summed E-state index contributed by atoms with van der Waals surface area (Å²) < 4.78 is 5.29. The maximum absolute atomic E-state index is 12.8. The minimum Gasteiger partial charge on any atom is -0.442 e. The lowest BCUT2D eigenvalue weighted by Gasteiger charge is -2.15. The fourth-order valence-corrected chi connectivity index (χ4v) is 3.31. The number of nitrogens with zero attached hydrogens (tertiary/aromatic N) is 3. The maximum Gasteiger partial charge on any atom is 0.414 e. The monoisotopic (exact) mass is 372 g/mol. The molecule has 0 radical (unpaired) electrons. The highest BCUT2D eigenvalue weighted by molar-refractivity contribution is 6.08. The van der Waals surface area contributed by atoms with Crippen LogP contribution in [0.3, 0.4) is 0 Å². The summed E-state index contributed by atoms with van der Waals surface area (Å²) in [6.45, 7) is 2.02. The summed E-state index contributed by atoms with van der Waals surface area (Å²) in [5.41, 5.74) is 2.65. The van der Waals surface area contributed by atoms with Gasteiger partial charge in [-0.2, -0.15) is 0 Å². The highest BCUT2D eigenvalue weighted by Crippen LogP contribution is 2.28. The molecular weight excluding hydrogens is 348 g/mol. The summed E-state index contributed by atoms with van der Waals surface area (Å²) in [7, 11) is 3.78. The Morgan fingerprint density at radius 1 is 1.41 bits per heavy atom. The Morgan fingerprint density at radius 2 is 2.19 bits per heavy atom. The van der Waals surface area contributed by atoms with Gasteiger partial charge in [-0.25, -0.2) is 4.79 Å². The molecule has 0 unspecified atom stereocenters. The van der Waals surface area contributed by atoms with E-state index in [2.05, 4.69) is 10.3 Å². The molecule has 1 aliphatic heterocycles. The van der Waals surface area contributed by atoms with Gasteiger partial charge >= 0.3 is 6.09 Å². The van der Waals surface area contributed by atoms with Gasteiger partial charge in [-0.3, -0.25) is 19.5 Å². The number of carbonyl (C=O) groups is 3. The van der Waals surface area contributed by atoms with Crippen molar-refractivity contribution in [3.05, 3.63) is 35.3 Å². The zero-order valence-corrected chi connectivity index (χ0v) is 15.8. The summed E-state index contributed by atoms with van der Waals surface area (Å²) in [5.74, 6) is -0.230. The molecule has 3 rings (SSSR count). The van der Waals surface area contributed by atoms with Crippen LogP contribution in [0, 0.1) is 0 Å². The van der Waals surface area contributed by atoms with Gasteiger partial charge in [0.25, 0.3) is 0 Å². The second-order valence-corrected chi connectivity index (χ2v) is 7.06. The van der Waals surface area contributed by atoms with Gasteiger partial charge in [-0.1, -0.05) is 0 Å². The van der Waals surface area contributed by atoms with Crippen molar-refractivity contribution >= 4 is 23.5 Å². The molecule has 1 aliphatic carbocycles. The van der Waals surface area contributed by atoms with E-state index in [1.807, 2.05) is 31.3 Å². The molecule has 8 heteroatoms. The van der Waals surface area contributed by atoms with E-state index in [0.29, 0.717) is 24.3 Å². The minimum absolute atomic E-state index is 0.0599. The molecule has 2 amide bonds. The van der Waals surface area contributed by atoms with Crippen LogP contribution in [-0.4, -0.2) is 61.0 Å². The first kappa shape index (κ1) is 18.9. The molecule has 0 saturated carbocycles. The van der Waals surface area contributed by atoms with Crippen LogP contribution in [0.2, 0.25) is 0 Å². The Hall–Kier alpha value is -2.90. The molecular formula is C19H24N4O4. The predicted octanol–water partition coefficient (Wildman–Crippen LogP) is 1.51. The standard InChI is InChI=1S/C19H24N4O4/c1-12(24)20-9-16-11-23(19(26)27-16)15-7-13-5-4-6-14(10-22(2)3)18(25)17(13)21-8-15/h7-8,10,16H,4-6,9,11H2,1-3H3,(H,20,24)/b14-10+/t16-/m1/s1. The summed E-state index contributed by atoms with van der Waals surface area (Å²) >= 11 is 0. The Bertz CT molecular complexity index is 803. The Morgan fingerprint density at radius 3 is 2.89 bits per heavy atom. The number of hydrogen-bond acceptors (Lipinski definition) is 6. The van der Waals surface area contributed by atoms with E-state index in [1.54, 1.807) is 0 Å². The van der Waals surface area contributed by atoms with Gasteiger partial charge in [0.05, 0.1) is 25.0 Å². The van der Waals surface area contributed by atoms with Crippen molar-refractivity contribution in [2.24, 2.45) is 0 Å². The SMILES string of the molecule is CC(=O)NC[C@@H]1CN(c2cnc3c(c2)CCC/C(=C\N(C)C)C3=O)C(=O)O1. The predicted molar refractivity (Wildman–Crippen MR) is 99.6 cm³/mol. The molecule has 2 aliphatic rings. The van der Waals surface area contributed by atoms with Gasteiger partial charge in [0.2, 0.25) is 11.7 Å². The smallest absolute Gasteiger partial charge is 0.414 e. The number of rotatable bonds is 4. The molecule has 144 valence electrons. The van der Waals surface area contributed by atoms with Crippen molar-refractivity contribution in [3.8, 4) is 0 Å². The third kappa shape index (κ3) is 4.27. The number of Topliss-reactive ketones (excluding diaryl/α,β-unsaturated/α-hetero) is 1. The van der Waals surface area contributed by atoms with Gasteiger partial charge in [-0.05, 0) is 30.9 Å². The first-order valence-corrected chi connectivity index (χ1v) is 8.98. The van der Waals surface area contributed by atoms with Crippen LogP contribution >= 0.6 is 0 Å². The molecule has 1 aromatic rings. The molecule has 0 aromatic carbocycles. The fraction of sp³-hybridized carbons (Fsp3) is 0.474. The van der Waals surface area contributed by atoms with Crippen molar-refractivity contribution < 1.29 is 19.1 Å². The van der Waals surface area contributed by atoms with Crippen LogP contribution < -0.4 is 10.2 Å². The van der Waals surface area contributed by atoms with Crippen LogP contribution in [0.15, 0.2) is 24.0 Å². The molecule has 0 bridgehead atoms. The first-order valence-electron chi connectivity index (χ1n) is 8.98. The highest BCUT2D eigenvalue weighted by Gasteiger charge is 2.33. The van der Waals surface area contributed by atoms with Crippen molar-refractivity contribution in [1.29, 1.82) is 0 Å². The number of ketones is 1. The Balaban J connectivity index is 1.80. The third-order valence-electron chi connectivity index (χ3n) is 4.53. The number of fused-ring (bicyclic) bond motifs is 1. The molecule has 1 N–H and O–H groups in total. The van der Waals surface area contributed by atoms with Crippen LogP contribution in [-0.2, 0) is 16.0 Å². The number of allylic oxidation sites excluding steroid dienone is 1. The number of ether oxygens (including phenoxy) is 1. The number of nitrogens with one attached hydrogen (secondary N) is 1. The number of pyridine rings is 1. The Labute approximate surface area is 158 Å². The number of amides is 2. The maximum atomic E-state index is 12.8. The van der Waals surface area contributed by atoms with E-state index in [0.717, 1.165) is 24.0 Å². The van der Waals surface area contributed by atoms with Gasteiger partial charge in [0, 0.05) is 32.8 Å². The fourth-order valence-electron chi connectivity index (χ4n) is 3.31. The lowest BCUT2D eigenvalue weighted by molar-refractivity contribution is -0.119. The topological polar surface area (TPSA) is 91.8 Å². The summed E-state index contributed by atoms with van der Waals surface area (Å²) in [6, 6.07) is 1.85. The van der Waals surface area contributed by atoms with Gasteiger partial charge in [0.15, 0.2) is 0 Å². The van der Waals surface area contributed by atoms with Crippen LogP contribution in [0.1, 0.15) is 35.8 Å². The second-order valence-electron chi connectivity index (χ2n) is 7.06. The van der Waals surface area contributed by atoms with E-state index >= 15 is 0 Å². The summed E-state index contributed by atoms with van der Waals surface area (Å²) in [6.07, 6.45) is 4.78. The molecule has 1 saturated heterocycles. The van der Waals surface area contributed by atoms with Crippen molar-refractivity contribution in [1.82, 2.24) is 15.2 Å². The van der Waals surface area contributed by atoms with E-state index in [9.17, 15) is 14.4 Å². The lowest BCUT2D eigenvalue weighted by Crippen LogP contribution is -2.33. The zero-order chi connectivity index (χ0) is 19.6. The van der Waals surface area contributed by atoms with Gasteiger partial charge in [-0.15, -0.1) is 0 Å². The molecule has 1 fully saturated rings. The van der Waals surface area contributed by atoms with E-state index < -0.39 is 12.2 Å². The van der Waals surface area contributed by atoms with Gasteiger partial charge < -0.3 is 15.0 Å². The first-order chi connectivity index (χ1) is 12.8. The van der Waals surface area contributed by atoms with Crippen molar-refractivity contribution in [2.45, 2.75) is 32.3 Å². The van der Waals surface area contributed by atoms with Crippen LogP contribution in [0.4, 0.5) is 10.5 Å². The third-order valence-corrected chi connectivity index (χ3v) is 4.53. The minimum atomic E-state index is -0.472. The van der Waals surface area contributed by atoms with Crippen molar-refractivity contribution in [2.75, 3.05) is 32.1 Å². The highest BCUT2D eigenvalue weighted by atomic mass is 16.6. The van der Waals surface area contributed by atoms with E-state index in [4.69, 9.17) is 4.74 Å². The molecule has 1 aromatic heterocycles. The average molecular weight is 372 g/mol. The zero-order valence-electron chi connectivity index (χ0n) is 15.8. The number of cyclic esters (lactones) is 1. The average Bonchev–Trinajstić information content (AvgIpc) is 2.91. The van der Waals surface area contributed by atoms with Gasteiger partial charge in [0.1, 0.15) is 11.8 Å². The molecule has 0 spiro atoms. The van der Waals surface area contributed by atoms with Crippen LogP contribution in [0.5, 0.6) is 0 Å². The second kappa shape index (κ2) is 7.77. The number of aryl methyl sites for hydroxylation is 1. The molecule has 1 atom stereocenters. The summed E-state index contributed by atoms with van der Waals surface area (Å²) in [5, 5.41) is 2.65. The number of carbonyl (C=O) groups excluding carboxylic acids is 3. The number of aromatic nitrogens is 1. The Kier molecular flexibility index (Phi) is 5.43. The number of anilines is 1. The van der Waals surface area contributed by atoms with E-state index in [-0.39, 0.29) is 18.2 Å². The molecule has 8 nitrogen and oxygen atoms in total. The molecule has 27 heavy (non-hydrogen) atoms. The number of hydrogen-bond donors (Lipinski definition) is 1. The van der Waals surface area contributed by atoms with Crippen molar-refractivity contribution in [3.63, 3.8) is 0 Å². The normalized spacial score (nSPS) is 20.9. The lowest BCUT2D eigenvalue weighted by atomic mass is 10.1. The quantitative estimate of drug-likeness (QED) is 0.636. The van der Waals surface area contributed by atoms with Crippen LogP contribution in [0.25, 0.3) is 0 Å². The molecule has 2 heterocycles.